The minimum Gasteiger partial charge on any atom is -0.370 e. The van der Waals surface area contributed by atoms with E-state index in [9.17, 15) is 9.18 Å². The molecule has 3 heteroatoms. The normalized spacial score (nSPS) is 13.4. The van der Waals surface area contributed by atoms with Gasteiger partial charge in [0.1, 0.15) is 11.9 Å². The highest BCUT2D eigenvalue weighted by Gasteiger charge is 2.31. The molecule has 100 valence electrons. The van der Waals surface area contributed by atoms with Crippen LogP contribution in [-0.2, 0) is 16.0 Å². The summed E-state index contributed by atoms with van der Waals surface area (Å²) >= 11 is 0. The average molecular weight is 252 g/mol. The molecule has 1 aromatic rings. The third-order valence-corrected chi connectivity index (χ3v) is 2.68. The molecule has 0 radical (unpaired) electrons. The first kappa shape index (κ1) is 14.8. The third kappa shape index (κ3) is 4.22. The number of Topliss-reactive ketones (excluding diaryl/α,β-unsaturated/α-hetero) is 1. The number of ether oxygens (including phenoxy) is 1. The SMILES string of the molecule is CCOC(C(=O)Cc1cccc(F)c1)C(C)(C)C. The fourth-order valence-corrected chi connectivity index (χ4v) is 1.93. The molecule has 0 spiro atoms. The van der Waals surface area contributed by atoms with Crippen LogP contribution in [0.15, 0.2) is 24.3 Å². The average Bonchev–Trinajstić information content (AvgIpc) is 2.24. The van der Waals surface area contributed by atoms with Crippen LogP contribution in [0, 0.1) is 11.2 Å². The maximum absolute atomic E-state index is 13.1. The molecule has 0 aliphatic rings. The molecule has 0 amide bonds. The minimum atomic E-state index is -0.453. The molecule has 0 bridgehead atoms. The van der Waals surface area contributed by atoms with Crippen LogP contribution in [0.25, 0.3) is 0 Å². The topological polar surface area (TPSA) is 26.3 Å². The molecular weight excluding hydrogens is 231 g/mol. The molecule has 1 atom stereocenters. The van der Waals surface area contributed by atoms with Gasteiger partial charge in [-0.25, -0.2) is 4.39 Å². The second-order valence-electron chi connectivity index (χ2n) is 5.47. The lowest BCUT2D eigenvalue weighted by Crippen LogP contribution is -2.38. The van der Waals surface area contributed by atoms with Crippen molar-refractivity contribution in [1.82, 2.24) is 0 Å². The Morgan fingerprint density at radius 1 is 1.39 bits per heavy atom. The summed E-state index contributed by atoms with van der Waals surface area (Å²) in [4.78, 5) is 12.2. The molecule has 0 aromatic heterocycles. The summed E-state index contributed by atoms with van der Waals surface area (Å²) in [7, 11) is 0. The van der Waals surface area contributed by atoms with Crippen molar-refractivity contribution in [3.63, 3.8) is 0 Å². The van der Waals surface area contributed by atoms with Crippen LogP contribution in [-0.4, -0.2) is 18.5 Å². The summed E-state index contributed by atoms with van der Waals surface area (Å²) < 4.78 is 18.6. The van der Waals surface area contributed by atoms with Gasteiger partial charge in [0.2, 0.25) is 0 Å². The lowest BCUT2D eigenvalue weighted by Gasteiger charge is -2.29. The maximum Gasteiger partial charge on any atom is 0.166 e. The van der Waals surface area contributed by atoms with E-state index in [-0.39, 0.29) is 23.4 Å². The van der Waals surface area contributed by atoms with Gasteiger partial charge < -0.3 is 4.74 Å². The van der Waals surface area contributed by atoms with Crippen LogP contribution in [0.4, 0.5) is 4.39 Å². The van der Waals surface area contributed by atoms with E-state index in [0.29, 0.717) is 12.2 Å². The number of carbonyl (C=O) groups is 1. The zero-order valence-electron chi connectivity index (χ0n) is 11.5. The lowest BCUT2D eigenvalue weighted by atomic mass is 9.84. The maximum atomic E-state index is 13.1. The van der Waals surface area contributed by atoms with Crippen LogP contribution >= 0.6 is 0 Å². The van der Waals surface area contributed by atoms with Gasteiger partial charge in [0, 0.05) is 13.0 Å². The molecule has 0 N–H and O–H groups in total. The molecule has 18 heavy (non-hydrogen) atoms. The zero-order valence-corrected chi connectivity index (χ0v) is 11.5. The second-order valence-corrected chi connectivity index (χ2v) is 5.47. The summed E-state index contributed by atoms with van der Waals surface area (Å²) in [6.45, 7) is 8.27. The van der Waals surface area contributed by atoms with Crippen LogP contribution in [0.5, 0.6) is 0 Å². The van der Waals surface area contributed by atoms with Crippen molar-refractivity contribution in [2.45, 2.75) is 40.2 Å². The smallest absolute Gasteiger partial charge is 0.166 e. The number of hydrogen-bond acceptors (Lipinski definition) is 2. The van der Waals surface area contributed by atoms with Gasteiger partial charge in [0.15, 0.2) is 5.78 Å². The summed E-state index contributed by atoms with van der Waals surface area (Å²) in [6, 6.07) is 6.14. The van der Waals surface area contributed by atoms with Crippen molar-refractivity contribution in [3.05, 3.63) is 35.6 Å². The molecule has 0 aliphatic carbocycles. The molecule has 0 heterocycles. The summed E-state index contributed by atoms with van der Waals surface area (Å²) in [5.74, 6) is -0.320. The standard InChI is InChI=1S/C15H21FO2/c1-5-18-14(15(2,3)4)13(17)10-11-7-6-8-12(16)9-11/h6-9,14H,5,10H2,1-4H3. The van der Waals surface area contributed by atoms with E-state index in [1.807, 2.05) is 27.7 Å². The van der Waals surface area contributed by atoms with E-state index >= 15 is 0 Å². The Bertz CT molecular complexity index is 407. The number of halogens is 1. The van der Waals surface area contributed by atoms with E-state index in [1.54, 1.807) is 12.1 Å². The minimum absolute atomic E-state index is 0.00468. The van der Waals surface area contributed by atoms with Gasteiger partial charge in [-0.3, -0.25) is 4.79 Å². The number of rotatable bonds is 5. The molecule has 0 fully saturated rings. The molecule has 1 unspecified atom stereocenters. The molecule has 1 rings (SSSR count). The molecule has 0 aliphatic heterocycles. The fraction of sp³-hybridized carbons (Fsp3) is 0.533. The Labute approximate surface area is 108 Å². The molecular formula is C15H21FO2. The van der Waals surface area contributed by atoms with Crippen LogP contribution in [0.1, 0.15) is 33.3 Å². The second kappa shape index (κ2) is 6.10. The van der Waals surface area contributed by atoms with Gasteiger partial charge in [0.05, 0.1) is 0 Å². The number of benzene rings is 1. The van der Waals surface area contributed by atoms with Gasteiger partial charge in [0.25, 0.3) is 0 Å². The first-order valence-corrected chi connectivity index (χ1v) is 6.23. The zero-order chi connectivity index (χ0) is 13.8. The van der Waals surface area contributed by atoms with E-state index in [1.165, 1.54) is 12.1 Å². The molecule has 0 saturated carbocycles. The van der Waals surface area contributed by atoms with Crippen molar-refractivity contribution in [1.29, 1.82) is 0 Å². The summed E-state index contributed by atoms with van der Waals surface area (Å²) in [6.07, 6.45) is -0.245. The first-order chi connectivity index (χ1) is 8.34. The number of hydrogen-bond donors (Lipinski definition) is 0. The van der Waals surface area contributed by atoms with Crippen molar-refractivity contribution in [2.24, 2.45) is 5.41 Å². The van der Waals surface area contributed by atoms with Crippen molar-refractivity contribution in [3.8, 4) is 0 Å². The molecule has 2 nitrogen and oxygen atoms in total. The van der Waals surface area contributed by atoms with Gasteiger partial charge in [-0.2, -0.15) is 0 Å². The van der Waals surface area contributed by atoms with Crippen molar-refractivity contribution >= 4 is 5.78 Å². The highest BCUT2D eigenvalue weighted by molar-refractivity contribution is 5.85. The van der Waals surface area contributed by atoms with Gasteiger partial charge in [-0.15, -0.1) is 0 Å². The highest BCUT2D eigenvalue weighted by Crippen LogP contribution is 2.24. The lowest BCUT2D eigenvalue weighted by molar-refractivity contribution is -0.136. The van der Waals surface area contributed by atoms with E-state index in [4.69, 9.17) is 4.74 Å². The van der Waals surface area contributed by atoms with E-state index in [0.717, 1.165) is 0 Å². The Balaban J connectivity index is 2.79. The Morgan fingerprint density at radius 3 is 2.56 bits per heavy atom. The third-order valence-electron chi connectivity index (χ3n) is 2.68. The predicted molar refractivity (Wildman–Crippen MR) is 70.0 cm³/mol. The molecule has 0 saturated heterocycles. The summed E-state index contributed by atoms with van der Waals surface area (Å²) in [5, 5.41) is 0. The van der Waals surface area contributed by atoms with Gasteiger partial charge in [-0.05, 0) is 30.0 Å². The number of ketones is 1. The molecule has 1 aromatic carbocycles. The van der Waals surface area contributed by atoms with E-state index in [2.05, 4.69) is 0 Å². The van der Waals surface area contributed by atoms with E-state index < -0.39 is 6.10 Å². The number of carbonyl (C=O) groups excluding carboxylic acids is 1. The monoisotopic (exact) mass is 252 g/mol. The fourth-order valence-electron chi connectivity index (χ4n) is 1.93. The highest BCUT2D eigenvalue weighted by atomic mass is 19.1. The van der Waals surface area contributed by atoms with Crippen molar-refractivity contribution in [2.75, 3.05) is 6.61 Å². The van der Waals surface area contributed by atoms with Crippen LogP contribution < -0.4 is 0 Å². The van der Waals surface area contributed by atoms with Gasteiger partial charge in [-0.1, -0.05) is 32.9 Å². The largest absolute Gasteiger partial charge is 0.370 e. The Kier molecular flexibility index (Phi) is 5.03. The Morgan fingerprint density at radius 2 is 2.06 bits per heavy atom. The van der Waals surface area contributed by atoms with Gasteiger partial charge >= 0.3 is 0 Å². The Hall–Kier alpha value is -1.22. The van der Waals surface area contributed by atoms with Crippen LogP contribution in [0.3, 0.4) is 0 Å². The quantitative estimate of drug-likeness (QED) is 0.803. The van der Waals surface area contributed by atoms with Crippen LogP contribution in [0.2, 0.25) is 0 Å². The predicted octanol–water partition coefficient (Wildman–Crippen LogP) is 3.39. The first-order valence-electron chi connectivity index (χ1n) is 6.23. The summed E-state index contributed by atoms with van der Waals surface area (Å²) in [5.41, 5.74) is 0.439. The van der Waals surface area contributed by atoms with Crippen molar-refractivity contribution < 1.29 is 13.9 Å².